The average Bonchev–Trinajstić information content (AvgIpc) is 2.68. The summed E-state index contributed by atoms with van der Waals surface area (Å²) < 4.78 is 5.28. The smallest absolute Gasteiger partial charge is 0.255 e. The van der Waals surface area contributed by atoms with Crippen LogP contribution in [0, 0.1) is 6.92 Å². The molecule has 0 radical (unpaired) electrons. The van der Waals surface area contributed by atoms with Crippen molar-refractivity contribution in [2.45, 2.75) is 6.92 Å². The molecule has 7 heteroatoms. The van der Waals surface area contributed by atoms with Gasteiger partial charge in [0, 0.05) is 26.9 Å². The molecular weight excluding hydrogens is 411 g/mol. The molecule has 2 amide bonds. The minimum Gasteiger partial charge on any atom is -0.495 e. The summed E-state index contributed by atoms with van der Waals surface area (Å²) in [6.07, 6.45) is 0. The second-order valence-corrected chi connectivity index (χ2v) is 7.22. The fraction of sp³-hybridized carbons (Fsp3) is 0.0909. The molecular formula is C22H18Cl2N2O3. The Morgan fingerprint density at radius 2 is 1.41 bits per heavy atom. The summed E-state index contributed by atoms with van der Waals surface area (Å²) in [5, 5.41) is 6.34. The van der Waals surface area contributed by atoms with Crippen LogP contribution in [0.25, 0.3) is 0 Å². The zero-order valence-electron chi connectivity index (χ0n) is 15.8. The lowest BCUT2D eigenvalue weighted by Gasteiger charge is -2.11. The number of halogens is 2. The molecule has 3 rings (SSSR count). The quantitative estimate of drug-likeness (QED) is 0.538. The van der Waals surface area contributed by atoms with Crippen molar-refractivity contribution in [2.24, 2.45) is 0 Å². The zero-order valence-corrected chi connectivity index (χ0v) is 17.3. The van der Waals surface area contributed by atoms with Crippen LogP contribution in [0.3, 0.4) is 0 Å². The fourth-order valence-electron chi connectivity index (χ4n) is 2.71. The second-order valence-electron chi connectivity index (χ2n) is 6.35. The van der Waals surface area contributed by atoms with Crippen molar-refractivity contribution in [1.29, 1.82) is 0 Å². The number of carbonyl (C=O) groups excluding carboxylic acids is 2. The van der Waals surface area contributed by atoms with Crippen LogP contribution < -0.4 is 15.4 Å². The molecule has 0 spiro atoms. The van der Waals surface area contributed by atoms with Gasteiger partial charge < -0.3 is 15.4 Å². The highest BCUT2D eigenvalue weighted by molar-refractivity contribution is 6.35. The molecule has 3 aromatic rings. The van der Waals surface area contributed by atoms with Gasteiger partial charge in [0.25, 0.3) is 11.8 Å². The summed E-state index contributed by atoms with van der Waals surface area (Å²) in [5.41, 5.74) is 2.91. The first-order valence-corrected chi connectivity index (χ1v) is 9.45. The van der Waals surface area contributed by atoms with E-state index in [2.05, 4.69) is 10.6 Å². The number of methoxy groups -OCH3 is 1. The summed E-state index contributed by atoms with van der Waals surface area (Å²) in [7, 11) is 1.55. The van der Waals surface area contributed by atoms with Gasteiger partial charge >= 0.3 is 0 Å². The van der Waals surface area contributed by atoms with Crippen LogP contribution in [0.15, 0.2) is 60.7 Å². The largest absolute Gasteiger partial charge is 0.495 e. The molecule has 0 unspecified atom stereocenters. The van der Waals surface area contributed by atoms with Crippen molar-refractivity contribution < 1.29 is 14.3 Å². The third-order valence-electron chi connectivity index (χ3n) is 4.13. The highest BCUT2D eigenvalue weighted by atomic mass is 35.5. The van der Waals surface area contributed by atoms with Gasteiger partial charge in [-0.3, -0.25) is 9.59 Å². The van der Waals surface area contributed by atoms with E-state index in [1.54, 1.807) is 43.5 Å². The first-order chi connectivity index (χ1) is 13.9. The predicted molar refractivity (Wildman–Crippen MR) is 117 cm³/mol. The third kappa shape index (κ3) is 5.28. The van der Waals surface area contributed by atoms with E-state index in [9.17, 15) is 9.59 Å². The van der Waals surface area contributed by atoms with Crippen molar-refractivity contribution >= 4 is 46.4 Å². The van der Waals surface area contributed by atoms with Gasteiger partial charge in [-0.1, -0.05) is 29.3 Å². The van der Waals surface area contributed by atoms with Gasteiger partial charge in [-0.2, -0.15) is 0 Å². The number of carbonyl (C=O) groups is 2. The maximum atomic E-state index is 12.5. The van der Waals surface area contributed by atoms with E-state index < -0.39 is 0 Å². The van der Waals surface area contributed by atoms with Crippen LogP contribution in [0.2, 0.25) is 10.0 Å². The summed E-state index contributed by atoms with van der Waals surface area (Å²) in [5.74, 6) is -0.0579. The molecule has 0 aliphatic carbocycles. The second kappa shape index (κ2) is 8.99. The van der Waals surface area contributed by atoms with E-state index >= 15 is 0 Å². The van der Waals surface area contributed by atoms with E-state index in [0.717, 1.165) is 5.56 Å². The van der Waals surface area contributed by atoms with Crippen molar-refractivity contribution in [2.75, 3.05) is 17.7 Å². The standard InChI is InChI=1S/C22H18Cl2N2O3/c1-13-3-8-20(29-2)19(9-13)26-21(27)14-4-6-18(7-5-14)25-22(28)15-10-16(23)12-17(24)11-15/h3-12H,1-2H3,(H,25,28)(H,26,27). The Bertz CT molecular complexity index is 1050. The maximum absolute atomic E-state index is 12.5. The SMILES string of the molecule is COc1ccc(C)cc1NC(=O)c1ccc(NC(=O)c2cc(Cl)cc(Cl)c2)cc1. The third-order valence-corrected chi connectivity index (χ3v) is 4.57. The summed E-state index contributed by atoms with van der Waals surface area (Å²) in [6.45, 7) is 1.93. The van der Waals surface area contributed by atoms with Crippen molar-refractivity contribution in [3.05, 3.63) is 87.4 Å². The van der Waals surface area contributed by atoms with Crippen molar-refractivity contribution in [3.63, 3.8) is 0 Å². The highest BCUT2D eigenvalue weighted by Crippen LogP contribution is 2.26. The summed E-state index contributed by atoms with van der Waals surface area (Å²) in [6, 6.07) is 16.7. The molecule has 0 aliphatic rings. The van der Waals surface area contributed by atoms with E-state index in [0.29, 0.717) is 38.3 Å². The van der Waals surface area contributed by atoms with Crippen LogP contribution in [0.4, 0.5) is 11.4 Å². The van der Waals surface area contributed by atoms with Crippen LogP contribution >= 0.6 is 23.2 Å². The van der Waals surface area contributed by atoms with E-state index in [1.807, 2.05) is 19.1 Å². The Morgan fingerprint density at radius 3 is 2.03 bits per heavy atom. The number of anilines is 2. The van der Waals surface area contributed by atoms with E-state index in [4.69, 9.17) is 27.9 Å². The maximum Gasteiger partial charge on any atom is 0.255 e. The van der Waals surface area contributed by atoms with Crippen LogP contribution in [0.1, 0.15) is 26.3 Å². The Hall–Kier alpha value is -3.02. The van der Waals surface area contributed by atoms with Crippen molar-refractivity contribution in [3.8, 4) is 5.75 Å². The Kier molecular flexibility index (Phi) is 6.42. The molecule has 0 saturated heterocycles. The molecule has 29 heavy (non-hydrogen) atoms. The van der Waals surface area contributed by atoms with Gasteiger partial charge in [0.15, 0.2) is 0 Å². The molecule has 0 saturated carbocycles. The van der Waals surface area contributed by atoms with Crippen LogP contribution in [0.5, 0.6) is 5.75 Å². The molecule has 0 fully saturated rings. The van der Waals surface area contributed by atoms with Crippen LogP contribution in [-0.4, -0.2) is 18.9 Å². The minimum absolute atomic E-state index is 0.284. The molecule has 5 nitrogen and oxygen atoms in total. The molecule has 3 aromatic carbocycles. The Balaban J connectivity index is 1.70. The van der Waals surface area contributed by atoms with E-state index in [-0.39, 0.29) is 11.8 Å². The molecule has 0 atom stereocenters. The number of aryl methyl sites for hydroxylation is 1. The lowest BCUT2D eigenvalue weighted by atomic mass is 10.1. The van der Waals surface area contributed by atoms with Crippen LogP contribution in [-0.2, 0) is 0 Å². The van der Waals surface area contributed by atoms with Gasteiger partial charge in [-0.15, -0.1) is 0 Å². The van der Waals surface area contributed by atoms with Crippen molar-refractivity contribution in [1.82, 2.24) is 0 Å². The summed E-state index contributed by atoms with van der Waals surface area (Å²) >= 11 is 11.9. The topological polar surface area (TPSA) is 67.4 Å². The number of rotatable bonds is 5. The molecule has 0 aliphatic heterocycles. The first-order valence-electron chi connectivity index (χ1n) is 8.69. The number of amides is 2. The monoisotopic (exact) mass is 428 g/mol. The first kappa shape index (κ1) is 20.7. The normalized spacial score (nSPS) is 10.3. The Labute approximate surface area is 178 Å². The number of nitrogens with one attached hydrogen (secondary N) is 2. The van der Waals surface area contributed by atoms with E-state index in [1.165, 1.54) is 12.1 Å². The van der Waals surface area contributed by atoms with Gasteiger partial charge in [-0.05, 0) is 67.1 Å². The van der Waals surface area contributed by atoms with Gasteiger partial charge in [0.05, 0.1) is 12.8 Å². The van der Waals surface area contributed by atoms with Gasteiger partial charge in [0.2, 0.25) is 0 Å². The molecule has 148 valence electrons. The zero-order chi connectivity index (χ0) is 21.0. The highest BCUT2D eigenvalue weighted by Gasteiger charge is 2.12. The van der Waals surface area contributed by atoms with Gasteiger partial charge in [0.1, 0.15) is 5.75 Å². The average molecular weight is 429 g/mol. The molecule has 0 heterocycles. The molecule has 0 bridgehead atoms. The Morgan fingerprint density at radius 1 is 0.793 bits per heavy atom. The van der Waals surface area contributed by atoms with Gasteiger partial charge in [-0.25, -0.2) is 0 Å². The minimum atomic E-state index is -0.351. The number of hydrogen-bond acceptors (Lipinski definition) is 3. The number of benzene rings is 3. The molecule has 2 N–H and O–H groups in total. The lowest BCUT2D eigenvalue weighted by molar-refractivity contribution is 0.101. The lowest BCUT2D eigenvalue weighted by Crippen LogP contribution is -2.14. The summed E-state index contributed by atoms with van der Waals surface area (Å²) in [4.78, 5) is 24.9. The number of hydrogen-bond donors (Lipinski definition) is 2. The number of ether oxygens (including phenoxy) is 1. The fourth-order valence-corrected chi connectivity index (χ4v) is 3.23. The molecule has 0 aromatic heterocycles. The predicted octanol–water partition coefficient (Wildman–Crippen LogP) is 5.82.